The monoisotopic (exact) mass is 221 g/mol. The molecular weight excluding hydrogens is 206 g/mol. The van der Waals surface area contributed by atoms with Gasteiger partial charge < -0.3 is 11.1 Å². The first kappa shape index (κ1) is 12.0. The number of nitrogen functional groups attached to an aromatic ring is 1. The minimum atomic E-state index is -0.462. The second-order valence-electron chi connectivity index (χ2n) is 3.69. The standard InChI is InChI=1S/C11H15N3O2/c1-8(2)5-6-13-11-4-3-9(14(15)16)7-10(11)12/h3-5,7,13H,6,12H2,1-2H3. The lowest BCUT2D eigenvalue weighted by atomic mass is 10.2. The quantitative estimate of drug-likeness (QED) is 0.354. The summed E-state index contributed by atoms with van der Waals surface area (Å²) in [7, 11) is 0. The average Bonchev–Trinajstić information content (AvgIpc) is 2.19. The van der Waals surface area contributed by atoms with E-state index in [2.05, 4.69) is 5.32 Å². The molecule has 0 aromatic heterocycles. The van der Waals surface area contributed by atoms with Crippen LogP contribution in [0.4, 0.5) is 17.1 Å². The van der Waals surface area contributed by atoms with Gasteiger partial charge in [-0.1, -0.05) is 11.6 Å². The van der Waals surface area contributed by atoms with Crippen molar-refractivity contribution in [2.75, 3.05) is 17.6 Å². The van der Waals surface area contributed by atoms with Crippen molar-refractivity contribution in [3.05, 3.63) is 40.0 Å². The zero-order valence-electron chi connectivity index (χ0n) is 9.36. The minimum Gasteiger partial charge on any atom is -0.397 e. The largest absolute Gasteiger partial charge is 0.397 e. The molecule has 16 heavy (non-hydrogen) atoms. The first-order valence-corrected chi connectivity index (χ1v) is 4.92. The Kier molecular flexibility index (Phi) is 3.88. The fourth-order valence-corrected chi connectivity index (χ4v) is 1.19. The van der Waals surface area contributed by atoms with Crippen LogP contribution in [-0.2, 0) is 0 Å². The molecule has 5 nitrogen and oxygen atoms in total. The maximum atomic E-state index is 10.5. The lowest BCUT2D eigenvalue weighted by molar-refractivity contribution is -0.384. The van der Waals surface area contributed by atoms with Crippen molar-refractivity contribution < 1.29 is 4.92 Å². The number of hydrogen-bond donors (Lipinski definition) is 2. The van der Waals surface area contributed by atoms with Crippen molar-refractivity contribution >= 4 is 17.1 Å². The van der Waals surface area contributed by atoms with Crippen molar-refractivity contribution in [3.8, 4) is 0 Å². The third-order valence-corrected chi connectivity index (χ3v) is 2.05. The molecule has 0 saturated heterocycles. The molecule has 1 aromatic carbocycles. The minimum absolute atomic E-state index is 0.00487. The number of nitrogens with zero attached hydrogens (tertiary/aromatic N) is 1. The van der Waals surface area contributed by atoms with Crippen LogP contribution in [0.2, 0.25) is 0 Å². The lowest BCUT2D eigenvalue weighted by Gasteiger charge is -2.06. The van der Waals surface area contributed by atoms with E-state index in [0.717, 1.165) is 0 Å². The molecule has 0 bridgehead atoms. The number of nitro groups is 1. The van der Waals surface area contributed by atoms with Crippen LogP contribution in [-0.4, -0.2) is 11.5 Å². The fraction of sp³-hybridized carbons (Fsp3) is 0.273. The number of benzene rings is 1. The number of rotatable bonds is 4. The van der Waals surface area contributed by atoms with Gasteiger partial charge in [-0.2, -0.15) is 0 Å². The molecule has 0 spiro atoms. The SMILES string of the molecule is CC(C)=CCNc1ccc([N+](=O)[O-])cc1N. The van der Waals surface area contributed by atoms with Gasteiger partial charge in [0.15, 0.2) is 0 Å². The molecule has 0 aliphatic carbocycles. The molecule has 1 rings (SSSR count). The van der Waals surface area contributed by atoms with Gasteiger partial charge in [0.25, 0.3) is 5.69 Å². The van der Waals surface area contributed by atoms with E-state index in [1.165, 1.54) is 17.7 Å². The van der Waals surface area contributed by atoms with Crippen molar-refractivity contribution in [1.82, 2.24) is 0 Å². The summed E-state index contributed by atoms with van der Waals surface area (Å²) in [6.45, 7) is 4.66. The topological polar surface area (TPSA) is 81.2 Å². The molecule has 3 N–H and O–H groups in total. The van der Waals surface area contributed by atoms with Crippen LogP contribution in [0, 0.1) is 10.1 Å². The zero-order valence-corrected chi connectivity index (χ0v) is 9.36. The van der Waals surface area contributed by atoms with E-state index in [9.17, 15) is 10.1 Å². The van der Waals surface area contributed by atoms with Crippen molar-refractivity contribution in [2.24, 2.45) is 0 Å². The molecule has 0 atom stereocenters. The van der Waals surface area contributed by atoms with Gasteiger partial charge in [0.1, 0.15) is 0 Å². The van der Waals surface area contributed by atoms with Crippen molar-refractivity contribution in [2.45, 2.75) is 13.8 Å². The van der Waals surface area contributed by atoms with Gasteiger partial charge in [-0.3, -0.25) is 10.1 Å². The zero-order chi connectivity index (χ0) is 12.1. The summed E-state index contributed by atoms with van der Waals surface area (Å²) in [6.07, 6.45) is 2.01. The highest BCUT2D eigenvalue weighted by Gasteiger charge is 2.07. The Bertz CT molecular complexity index is 423. The highest BCUT2D eigenvalue weighted by molar-refractivity contribution is 5.69. The van der Waals surface area contributed by atoms with Crippen molar-refractivity contribution in [3.63, 3.8) is 0 Å². The Hall–Kier alpha value is -2.04. The number of nitro benzene ring substituents is 1. The summed E-state index contributed by atoms with van der Waals surface area (Å²) in [5.41, 5.74) is 7.99. The van der Waals surface area contributed by atoms with Crippen LogP contribution in [0.5, 0.6) is 0 Å². The summed E-state index contributed by atoms with van der Waals surface area (Å²) in [4.78, 5) is 10.0. The molecule has 0 aliphatic heterocycles. The Labute approximate surface area is 94.1 Å². The predicted molar refractivity (Wildman–Crippen MR) is 65.4 cm³/mol. The Morgan fingerprint density at radius 1 is 1.56 bits per heavy atom. The first-order valence-electron chi connectivity index (χ1n) is 4.92. The van der Waals surface area contributed by atoms with Crippen LogP contribution in [0.1, 0.15) is 13.8 Å². The van der Waals surface area contributed by atoms with Gasteiger partial charge in [0.05, 0.1) is 16.3 Å². The van der Waals surface area contributed by atoms with Crippen LogP contribution in [0.3, 0.4) is 0 Å². The predicted octanol–water partition coefficient (Wildman–Crippen LogP) is 2.56. The first-order chi connectivity index (χ1) is 7.50. The summed E-state index contributed by atoms with van der Waals surface area (Å²) < 4.78 is 0. The van der Waals surface area contributed by atoms with E-state index in [0.29, 0.717) is 17.9 Å². The molecule has 0 fully saturated rings. The van der Waals surface area contributed by atoms with E-state index >= 15 is 0 Å². The lowest BCUT2D eigenvalue weighted by Crippen LogP contribution is -2.02. The van der Waals surface area contributed by atoms with E-state index < -0.39 is 4.92 Å². The molecule has 5 heteroatoms. The van der Waals surface area contributed by atoms with Crippen LogP contribution in [0.25, 0.3) is 0 Å². The molecule has 0 amide bonds. The summed E-state index contributed by atoms with van der Waals surface area (Å²) in [5.74, 6) is 0. The van der Waals surface area contributed by atoms with Gasteiger partial charge in [-0.25, -0.2) is 0 Å². The van der Waals surface area contributed by atoms with Gasteiger partial charge in [0, 0.05) is 18.7 Å². The van der Waals surface area contributed by atoms with Crippen LogP contribution < -0.4 is 11.1 Å². The Morgan fingerprint density at radius 2 is 2.25 bits per heavy atom. The van der Waals surface area contributed by atoms with Gasteiger partial charge in [0.2, 0.25) is 0 Å². The molecule has 0 aliphatic rings. The smallest absolute Gasteiger partial charge is 0.271 e. The molecule has 0 unspecified atom stereocenters. The molecule has 0 heterocycles. The summed E-state index contributed by atoms with van der Waals surface area (Å²) >= 11 is 0. The second-order valence-corrected chi connectivity index (χ2v) is 3.69. The number of hydrogen-bond acceptors (Lipinski definition) is 4. The Morgan fingerprint density at radius 3 is 2.75 bits per heavy atom. The average molecular weight is 221 g/mol. The normalized spacial score (nSPS) is 9.62. The van der Waals surface area contributed by atoms with E-state index in [4.69, 9.17) is 5.73 Å². The van der Waals surface area contributed by atoms with E-state index in [-0.39, 0.29) is 5.69 Å². The summed E-state index contributed by atoms with van der Waals surface area (Å²) in [5, 5.41) is 13.6. The van der Waals surface area contributed by atoms with Gasteiger partial charge >= 0.3 is 0 Å². The second kappa shape index (κ2) is 5.16. The molecule has 86 valence electrons. The fourth-order valence-electron chi connectivity index (χ4n) is 1.19. The molecular formula is C11H15N3O2. The molecule has 0 saturated carbocycles. The molecule has 0 radical (unpaired) electrons. The van der Waals surface area contributed by atoms with Crippen LogP contribution in [0.15, 0.2) is 29.8 Å². The number of nitrogens with two attached hydrogens (primary N) is 1. The maximum absolute atomic E-state index is 10.5. The number of non-ortho nitro benzene ring substituents is 1. The number of nitrogens with one attached hydrogen (secondary N) is 1. The van der Waals surface area contributed by atoms with Gasteiger partial charge in [-0.05, 0) is 19.9 Å². The third-order valence-electron chi connectivity index (χ3n) is 2.05. The third kappa shape index (κ3) is 3.27. The Balaban J connectivity index is 2.75. The van der Waals surface area contributed by atoms with E-state index in [1.807, 2.05) is 19.9 Å². The van der Waals surface area contributed by atoms with Gasteiger partial charge in [-0.15, -0.1) is 0 Å². The van der Waals surface area contributed by atoms with Crippen molar-refractivity contribution in [1.29, 1.82) is 0 Å². The number of allylic oxidation sites excluding steroid dienone is 1. The highest BCUT2D eigenvalue weighted by Crippen LogP contribution is 2.23. The van der Waals surface area contributed by atoms with E-state index in [1.54, 1.807) is 6.07 Å². The summed E-state index contributed by atoms with van der Waals surface area (Å²) in [6, 6.07) is 4.40. The maximum Gasteiger partial charge on any atom is 0.271 e. The number of anilines is 2. The highest BCUT2D eigenvalue weighted by atomic mass is 16.6. The molecule has 1 aromatic rings. The van der Waals surface area contributed by atoms with Crippen LogP contribution >= 0.6 is 0 Å².